The zero-order valence-corrected chi connectivity index (χ0v) is 34.0. The van der Waals surface area contributed by atoms with Crippen LogP contribution in [0.3, 0.4) is 0 Å². The molecule has 15 nitrogen and oxygen atoms in total. The van der Waals surface area contributed by atoms with Gasteiger partial charge in [0, 0.05) is 13.5 Å². The van der Waals surface area contributed by atoms with E-state index in [1.54, 1.807) is 56.9 Å². The van der Waals surface area contributed by atoms with Crippen molar-refractivity contribution in [2.45, 2.75) is 137 Å². The van der Waals surface area contributed by atoms with Crippen LogP contribution in [-0.4, -0.2) is 107 Å². The molecule has 0 saturated carbocycles. The van der Waals surface area contributed by atoms with Gasteiger partial charge in [0.25, 0.3) is 0 Å². The Kier molecular flexibility index (Phi) is 18.9. The Hall–Kier alpha value is -4.37. The molecule has 0 aliphatic carbocycles. The standard InChI is InChI=1S/C40H65N7O8/c1-10-25(8)34(40(55)44-32(23(4)5)36(41)51)46-38(53)30-17-14-18-47(30)21-31(49)35(50)28(20-27-15-12-11-13-16-27)43-39(54)33(24(6)7)45-37(52)29(19-22(2)3)42-26(9)48/h11-13,15-16,22-25,28-34,49H,10,14,17-21H2,1-9H3,(H2,41,51)(H,42,48)(H,43,54)(H,44,55)(H,45,52)(H,46,53)/t25-,28-,29-,30-,31-,32-,33-,34-/m0/s1. The van der Waals surface area contributed by atoms with Gasteiger partial charge < -0.3 is 37.4 Å². The molecule has 308 valence electrons. The van der Waals surface area contributed by atoms with Gasteiger partial charge in [-0.05, 0) is 61.5 Å². The van der Waals surface area contributed by atoms with Crippen molar-refractivity contribution in [3.8, 4) is 0 Å². The third kappa shape index (κ3) is 14.7. The lowest BCUT2D eigenvalue weighted by Gasteiger charge is -2.31. The van der Waals surface area contributed by atoms with E-state index in [9.17, 15) is 38.7 Å². The van der Waals surface area contributed by atoms with Crippen LogP contribution in [0.1, 0.15) is 93.6 Å². The van der Waals surface area contributed by atoms with Crippen LogP contribution < -0.4 is 32.3 Å². The predicted octanol–water partition coefficient (Wildman–Crippen LogP) is 0.957. The molecule has 15 heteroatoms. The fourth-order valence-corrected chi connectivity index (χ4v) is 6.72. The molecular weight excluding hydrogens is 706 g/mol. The molecule has 55 heavy (non-hydrogen) atoms. The number of primary amides is 1. The molecule has 1 saturated heterocycles. The number of amides is 6. The molecule has 0 spiro atoms. The molecule has 6 amide bonds. The Morgan fingerprint density at radius 3 is 1.89 bits per heavy atom. The van der Waals surface area contributed by atoms with Crippen LogP contribution in [0.15, 0.2) is 30.3 Å². The molecule has 1 aromatic carbocycles. The number of carbonyl (C=O) groups excluding carboxylic acids is 7. The molecule has 0 radical (unpaired) electrons. The maximum absolute atomic E-state index is 14.0. The van der Waals surface area contributed by atoms with Crippen LogP contribution in [0.25, 0.3) is 0 Å². The van der Waals surface area contributed by atoms with Crippen molar-refractivity contribution in [2.75, 3.05) is 13.1 Å². The van der Waals surface area contributed by atoms with Crippen LogP contribution in [-0.2, 0) is 40.0 Å². The smallest absolute Gasteiger partial charge is 0.243 e. The monoisotopic (exact) mass is 771 g/mol. The molecule has 1 aliphatic rings. The lowest BCUT2D eigenvalue weighted by molar-refractivity contribution is -0.137. The number of rotatable bonds is 22. The van der Waals surface area contributed by atoms with E-state index in [0.29, 0.717) is 32.2 Å². The Bertz CT molecular complexity index is 1470. The van der Waals surface area contributed by atoms with E-state index in [-0.39, 0.29) is 36.6 Å². The van der Waals surface area contributed by atoms with Crippen molar-refractivity contribution in [1.29, 1.82) is 0 Å². The number of aliphatic hydroxyl groups excluding tert-OH is 1. The number of Topliss-reactive ketones (excluding diaryl/α,β-unsaturated/α-hetero) is 1. The summed E-state index contributed by atoms with van der Waals surface area (Å²) in [5.41, 5.74) is 6.24. The van der Waals surface area contributed by atoms with Crippen LogP contribution in [0.4, 0.5) is 0 Å². The number of aliphatic hydroxyl groups is 1. The van der Waals surface area contributed by atoms with Gasteiger partial charge in [0.15, 0.2) is 5.78 Å². The number of ketones is 1. The minimum absolute atomic E-state index is 0.0569. The van der Waals surface area contributed by atoms with Crippen LogP contribution in [0, 0.1) is 23.7 Å². The highest BCUT2D eigenvalue weighted by Crippen LogP contribution is 2.20. The number of hydrogen-bond donors (Lipinski definition) is 7. The topological polar surface area (TPSA) is 229 Å². The molecule has 1 heterocycles. The maximum Gasteiger partial charge on any atom is 0.243 e. The van der Waals surface area contributed by atoms with Gasteiger partial charge in [0.2, 0.25) is 35.4 Å². The van der Waals surface area contributed by atoms with Gasteiger partial charge in [-0.15, -0.1) is 0 Å². The van der Waals surface area contributed by atoms with Crippen molar-refractivity contribution >= 4 is 41.2 Å². The SMILES string of the molecule is CC[C@H](C)[C@H](NC(=O)[C@@H]1CCCN1C[C@H](O)C(=O)[C@H](Cc1ccccc1)NC(=O)[C@@H](NC(=O)[C@H](CC(C)C)NC(C)=O)C(C)C)C(=O)N[C@H](C(N)=O)C(C)C. The van der Waals surface area contributed by atoms with E-state index in [4.69, 9.17) is 5.73 Å². The molecule has 8 N–H and O–H groups in total. The van der Waals surface area contributed by atoms with Crippen molar-refractivity contribution in [3.05, 3.63) is 35.9 Å². The number of nitrogens with two attached hydrogens (primary N) is 1. The third-order valence-corrected chi connectivity index (χ3v) is 10.1. The van der Waals surface area contributed by atoms with Gasteiger partial charge in [-0.2, -0.15) is 0 Å². The van der Waals surface area contributed by atoms with Crippen LogP contribution in [0.2, 0.25) is 0 Å². The Morgan fingerprint density at radius 1 is 0.782 bits per heavy atom. The first-order valence-corrected chi connectivity index (χ1v) is 19.5. The summed E-state index contributed by atoms with van der Waals surface area (Å²) in [5, 5.41) is 25.1. The zero-order valence-electron chi connectivity index (χ0n) is 34.0. The minimum atomic E-state index is -1.60. The molecule has 2 rings (SSSR count). The quantitative estimate of drug-likeness (QED) is 0.0890. The maximum atomic E-state index is 14.0. The first kappa shape index (κ1) is 46.8. The number of β-amino-alcohol motifs (C(OH)–C–C–N with tert-alkyl or cyclic N) is 1. The fourth-order valence-electron chi connectivity index (χ4n) is 6.72. The van der Waals surface area contributed by atoms with E-state index in [1.165, 1.54) is 6.92 Å². The summed E-state index contributed by atoms with van der Waals surface area (Å²) < 4.78 is 0. The molecule has 1 aromatic rings. The summed E-state index contributed by atoms with van der Waals surface area (Å²) in [7, 11) is 0. The van der Waals surface area contributed by atoms with Gasteiger partial charge >= 0.3 is 0 Å². The Morgan fingerprint density at radius 2 is 1.36 bits per heavy atom. The largest absolute Gasteiger partial charge is 0.384 e. The van der Waals surface area contributed by atoms with Crippen molar-refractivity contribution in [1.82, 2.24) is 31.5 Å². The molecule has 8 atom stereocenters. The molecule has 1 fully saturated rings. The first-order chi connectivity index (χ1) is 25.8. The summed E-state index contributed by atoms with van der Waals surface area (Å²) in [6, 6.07) is 3.27. The summed E-state index contributed by atoms with van der Waals surface area (Å²) in [6.45, 7) is 16.0. The molecule has 0 bridgehead atoms. The van der Waals surface area contributed by atoms with Crippen molar-refractivity contribution in [3.63, 3.8) is 0 Å². The van der Waals surface area contributed by atoms with E-state index >= 15 is 0 Å². The summed E-state index contributed by atoms with van der Waals surface area (Å²) in [4.78, 5) is 93.7. The highest BCUT2D eigenvalue weighted by Gasteiger charge is 2.39. The van der Waals surface area contributed by atoms with Gasteiger partial charge in [0.1, 0.15) is 30.3 Å². The number of benzene rings is 1. The Labute approximate surface area is 326 Å². The van der Waals surface area contributed by atoms with E-state index < -0.39 is 83.6 Å². The van der Waals surface area contributed by atoms with Gasteiger partial charge in [-0.1, -0.05) is 92.1 Å². The second-order valence-corrected chi connectivity index (χ2v) is 15.9. The van der Waals surface area contributed by atoms with Crippen molar-refractivity contribution in [2.24, 2.45) is 29.4 Å². The Balaban J connectivity index is 2.27. The summed E-state index contributed by atoms with van der Waals surface area (Å²) in [6.07, 6.45) is 0.406. The normalized spacial score (nSPS) is 18.4. The minimum Gasteiger partial charge on any atom is -0.384 e. The number of hydrogen-bond acceptors (Lipinski definition) is 9. The number of nitrogens with zero attached hydrogens (tertiary/aromatic N) is 1. The first-order valence-electron chi connectivity index (χ1n) is 19.5. The molecule has 1 aliphatic heterocycles. The lowest BCUT2D eigenvalue weighted by Crippen LogP contribution is -2.59. The third-order valence-electron chi connectivity index (χ3n) is 10.1. The number of likely N-dealkylation sites (tertiary alicyclic amines) is 1. The summed E-state index contributed by atoms with van der Waals surface area (Å²) >= 11 is 0. The molecule has 0 aromatic heterocycles. The predicted molar refractivity (Wildman–Crippen MR) is 209 cm³/mol. The average molecular weight is 772 g/mol. The number of carbonyl (C=O) groups is 7. The van der Waals surface area contributed by atoms with E-state index in [1.807, 2.05) is 33.8 Å². The van der Waals surface area contributed by atoms with E-state index in [0.717, 1.165) is 5.56 Å². The van der Waals surface area contributed by atoms with Gasteiger partial charge in [0.05, 0.1) is 12.1 Å². The lowest BCUT2D eigenvalue weighted by atomic mass is 9.96. The molecular formula is C40H65N7O8. The van der Waals surface area contributed by atoms with Gasteiger partial charge in [-0.25, -0.2) is 0 Å². The van der Waals surface area contributed by atoms with E-state index in [2.05, 4.69) is 26.6 Å². The molecule has 0 unspecified atom stereocenters. The number of nitrogens with one attached hydrogen (secondary N) is 5. The van der Waals surface area contributed by atoms with Crippen molar-refractivity contribution < 1.29 is 38.7 Å². The second kappa shape index (κ2) is 22.2. The fraction of sp³-hybridized carbons (Fsp3) is 0.675. The second-order valence-electron chi connectivity index (χ2n) is 15.9. The summed E-state index contributed by atoms with van der Waals surface area (Å²) in [5.74, 6) is -4.71. The van der Waals surface area contributed by atoms with Gasteiger partial charge in [-0.3, -0.25) is 38.5 Å². The van der Waals surface area contributed by atoms with Crippen LogP contribution in [0.5, 0.6) is 0 Å². The zero-order chi connectivity index (χ0) is 41.6. The average Bonchev–Trinajstić information content (AvgIpc) is 3.57. The highest BCUT2D eigenvalue weighted by atomic mass is 16.3. The van der Waals surface area contributed by atoms with Crippen LogP contribution >= 0.6 is 0 Å². The highest BCUT2D eigenvalue weighted by molar-refractivity contribution is 5.96.